The molecule has 35 heavy (non-hydrogen) atoms. The Labute approximate surface area is 219 Å². The summed E-state index contributed by atoms with van der Waals surface area (Å²) >= 11 is 2.18. The van der Waals surface area contributed by atoms with Gasteiger partial charge in [0.25, 0.3) is 0 Å². The average molecular weight is 584 g/mol. The number of amides is 1. The first-order valence-electron chi connectivity index (χ1n) is 11.7. The topological polar surface area (TPSA) is 77.5 Å². The molecular weight excluding hydrogens is 555 g/mol. The molecule has 0 bridgehead atoms. The maximum absolute atomic E-state index is 12.7. The number of hydrogen-bond acceptors (Lipinski definition) is 5. The summed E-state index contributed by atoms with van der Waals surface area (Å²) in [6.45, 7) is 5.79. The van der Waals surface area contributed by atoms with E-state index in [-0.39, 0.29) is 18.5 Å². The zero-order valence-electron chi connectivity index (χ0n) is 20.1. The number of pyridine rings is 1. The third-order valence-corrected chi connectivity index (χ3v) is 6.33. The lowest BCUT2D eigenvalue weighted by Crippen LogP contribution is -2.23. The van der Waals surface area contributed by atoms with Gasteiger partial charge in [-0.1, -0.05) is 48.5 Å². The Morgan fingerprint density at radius 1 is 1.03 bits per heavy atom. The quantitative estimate of drug-likeness (QED) is 0.247. The molecule has 1 N–H and O–H groups in total. The number of rotatable bonds is 7. The summed E-state index contributed by atoms with van der Waals surface area (Å²) in [4.78, 5) is 29.1. The molecule has 1 aliphatic rings. The number of aryl methyl sites for hydroxylation is 1. The first-order chi connectivity index (χ1) is 16.7. The number of nitrogens with one attached hydrogen (secondary N) is 1. The van der Waals surface area contributed by atoms with Gasteiger partial charge in [0, 0.05) is 22.1 Å². The molecule has 7 heteroatoms. The fraction of sp³-hybridized carbons (Fsp3) is 0.321. The standard InChI is InChI=1S/C28H29IN2O4/c1-28(2,3)35-25(32)14-8-9-18-15-19(29)16-30-26(18)31-27(33)34-17-24-22-12-6-4-10-20(22)21-11-5-7-13-23(21)24/h4-7,10-13,15-16,24H,8-9,14,17H2,1-3H3,(H,30,31,33). The van der Waals surface area contributed by atoms with Crippen LogP contribution in [0.4, 0.5) is 10.6 Å². The van der Waals surface area contributed by atoms with Gasteiger partial charge in [0.15, 0.2) is 0 Å². The molecule has 1 aliphatic carbocycles. The van der Waals surface area contributed by atoms with Gasteiger partial charge in [0.2, 0.25) is 0 Å². The molecule has 0 atom stereocenters. The molecule has 182 valence electrons. The number of carbonyl (C=O) groups excluding carboxylic acids is 2. The molecule has 0 spiro atoms. The van der Waals surface area contributed by atoms with Crippen molar-refractivity contribution >= 4 is 40.5 Å². The molecule has 1 aromatic heterocycles. The molecule has 0 aliphatic heterocycles. The number of esters is 1. The number of aromatic nitrogens is 1. The molecule has 0 unspecified atom stereocenters. The van der Waals surface area contributed by atoms with Crippen LogP contribution in [0.25, 0.3) is 11.1 Å². The number of fused-ring (bicyclic) bond motifs is 3. The van der Waals surface area contributed by atoms with Crippen LogP contribution >= 0.6 is 22.6 Å². The minimum atomic E-state index is -0.547. The van der Waals surface area contributed by atoms with E-state index in [4.69, 9.17) is 9.47 Å². The van der Waals surface area contributed by atoms with Gasteiger partial charge in [-0.25, -0.2) is 9.78 Å². The first kappa shape index (κ1) is 25.2. The molecule has 1 amide bonds. The van der Waals surface area contributed by atoms with Crippen LogP contribution < -0.4 is 5.32 Å². The minimum Gasteiger partial charge on any atom is -0.460 e. The number of nitrogens with zero attached hydrogens (tertiary/aromatic N) is 1. The largest absolute Gasteiger partial charge is 0.460 e. The number of hydrogen-bond donors (Lipinski definition) is 1. The Balaban J connectivity index is 1.38. The molecule has 1 heterocycles. The van der Waals surface area contributed by atoms with Crippen molar-refractivity contribution in [3.8, 4) is 11.1 Å². The lowest BCUT2D eigenvalue weighted by Gasteiger charge is -2.19. The fourth-order valence-electron chi connectivity index (χ4n) is 4.33. The van der Waals surface area contributed by atoms with Crippen molar-refractivity contribution in [2.45, 2.75) is 51.6 Å². The molecule has 0 saturated heterocycles. The van der Waals surface area contributed by atoms with Crippen LogP contribution in [-0.2, 0) is 20.7 Å². The third kappa shape index (κ3) is 6.39. The van der Waals surface area contributed by atoms with E-state index in [9.17, 15) is 9.59 Å². The maximum atomic E-state index is 12.7. The van der Waals surface area contributed by atoms with Crippen molar-refractivity contribution in [3.63, 3.8) is 0 Å². The number of ether oxygens (including phenoxy) is 2. The van der Waals surface area contributed by atoms with Gasteiger partial charge >= 0.3 is 12.1 Å². The van der Waals surface area contributed by atoms with Crippen LogP contribution in [0.1, 0.15) is 56.2 Å². The Morgan fingerprint density at radius 2 is 1.66 bits per heavy atom. The Morgan fingerprint density at radius 3 is 2.29 bits per heavy atom. The highest BCUT2D eigenvalue weighted by Crippen LogP contribution is 2.44. The highest BCUT2D eigenvalue weighted by atomic mass is 127. The average Bonchev–Trinajstić information content (AvgIpc) is 3.12. The third-order valence-electron chi connectivity index (χ3n) is 5.74. The lowest BCUT2D eigenvalue weighted by atomic mass is 9.98. The Hall–Kier alpha value is -2.94. The molecular formula is C28H29IN2O4. The van der Waals surface area contributed by atoms with Crippen molar-refractivity contribution in [3.05, 3.63) is 81.1 Å². The van der Waals surface area contributed by atoms with Gasteiger partial charge in [-0.05, 0) is 90.1 Å². The lowest BCUT2D eigenvalue weighted by molar-refractivity contribution is -0.154. The van der Waals surface area contributed by atoms with E-state index in [0.29, 0.717) is 25.1 Å². The zero-order chi connectivity index (χ0) is 25.0. The first-order valence-corrected chi connectivity index (χ1v) is 12.8. The zero-order valence-corrected chi connectivity index (χ0v) is 22.3. The van der Waals surface area contributed by atoms with E-state index >= 15 is 0 Å². The molecule has 0 radical (unpaired) electrons. The fourth-order valence-corrected chi connectivity index (χ4v) is 4.85. The summed E-state index contributed by atoms with van der Waals surface area (Å²) in [5, 5.41) is 2.79. The second-order valence-electron chi connectivity index (χ2n) is 9.55. The van der Waals surface area contributed by atoms with E-state index < -0.39 is 11.7 Å². The minimum absolute atomic E-state index is 0.00821. The normalized spacial score (nSPS) is 12.6. The number of anilines is 1. The van der Waals surface area contributed by atoms with Crippen LogP contribution in [0.5, 0.6) is 0 Å². The number of benzene rings is 2. The van der Waals surface area contributed by atoms with Crippen molar-refractivity contribution in [1.82, 2.24) is 4.98 Å². The van der Waals surface area contributed by atoms with E-state index in [0.717, 1.165) is 20.3 Å². The van der Waals surface area contributed by atoms with E-state index in [1.807, 2.05) is 51.1 Å². The smallest absolute Gasteiger partial charge is 0.412 e. The van der Waals surface area contributed by atoms with Crippen LogP contribution in [0.3, 0.4) is 0 Å². The summed E-state index contributed by atoms with van der Waals surface area (Å²) in [5.74, 6) is 0.208. The summed E-state index contributed by atoms with van der Waals surface area (Å²) < 4.78 is 12.0. The molecule has 2 aromatic carbocycles. The van der Waals surface area contributed by atoms with Crippen LogP contribution in [0.2, 0.25) is 0 Å². The molecule has 4 rings (SSSR count). The van der Waals surface area contributed by atoms with Crippen molar-refractivity contribution in [1.29, 1.82) is 0 Å². The van der Waals surface area contributed by atoms with E-state index in [1.165, 1.54) is 11.1 Å². The maximum Gasteiger partial charge on any atom is 0.412 e. The van der Waals surface area contributed by atoms with Crippen LogP contribution in [-0.4, -0.2) is 29.3 Å². The summed E-state index contributed by atoms with van der Waals surface area (Å²) in [6, 6.07) is 18.4. The van der Waals surface area contributed by atoms with Gasteiger partial charge in [-0.3, -0.25) is 10.1 Å². The van der Waals surface area contributed by atoms with Crippen LogP contribution in [0, 0.1) is 3.57 Å². The van der Waals surface area contributed by atoms with Gasteiger partial charge in [0.05, 0.1) is 0 Å². The van der Waals surface area contributed by atoms with Crippen molar-refractivity contribution in [2.75, 3.05) is 11.9 Å². The summed E-state index contributed by atoms with van der Waals surface area (Å²) in [5.41, 5.74) is 5.05. The number of halogens is 1. The second kappa shape index (κ2) is 10.8. The summed E-state index contributed by atoms with van der Waals surface area (Å²) in [6.07, 6.45) is 2.62. The molecule has 3 aromatic rings. The second-order valence-corrected chi connectivity index (χ2v) is 10.8. The van der Waals surface area contributed by atoms with Crippen molar-refractivity contribution in [2.24, 2.45) is 0 Å². The molecule has 0 fully saturated rings. The Kier molecular flexibility index (Phi) is 7.74. The van der Waals surface area contributed by atoms with Gasteiger partial charge in [0.1, 0.15) is 18.0 Å². The van der Waals surface area contributed by atoms with E-state index in [1.54, 1.807) is 6.20 Å². The van der Waals surface area contributed by atoms with Crippen LogP contribution in [0.15, 0.2) is 60.8 Å². The predicted molar refractivity (Wildman–Crippen MR) is 144 cm³/mol. The SMILES string of the molecule is CC(C)(C)OC(=O)CCCc1cc(I)cnc1NC(=O)OCC1c2ccccc2-c2ccccc21. The predicted octanol–water partition coefficient (Wildman–Crippen LogP) is 6.71. The Bertz CT molecular complexity index is 1190. The van der Waals surface area contributed by atoms with Crippen molar-refractivity contribution < 1.29 is 19.1 Å². The highest BCUT2D eigenvalue weighted by molar-refractivity contribution is 14.1. The van der Waals surface area contributed by atoms with Gasteiger partial charge < -0.3 is 9.47 Å². The van der Waals surface area contributed by atoms with Gasteiger partial charge in [-0.15, -0.1) is 0 Å². The molecule has 0 saturated carbocycles. The van der Waals surface area contributed by atoms with Gasteiger partial charge in [-0.2, -0.15) is 0 Å². The van der Waals surface area contributed by atoms with E-state index in [2.05, 4.69) is 57.2 Å². The number of carbonyl (C=O) groups is 2. The highest BCUT2D eigenvalue weighted by Gasteiger charge is 2.29. The summed E-state index contributed by atoms with van der Waals surface area (Å²) in [7, 11) is 0. The molecule has 6 nitrogen and oxygen atoms in total. The monoisotopic (exact) mass is 584 g/mol.